The number of carbonyl (C=O) groups excluding carboxylic acids is 1. The van der Waals surface area contributed by atoms with Crippen molar-refractivity contribution >= 4 is 22.4 Å². The number of fused-ring (bicyclic) bond motifs is 1. The Morgan fingerprint density at radius 3 is 2.55 bits per heavy atom. The summed E-state index contributed by atoms with van der Waals surface area (Å²) in [5, 5.41) is 6.12. The van der Waals surface area contributed by atoms with Gasteiger partial charge in [-0.3, -0.25) is 9.78 Å². The number of amides is 1. The van der Waals surface area contributed by atoms with Crippen LogP contribution in [0.2, 0.25) is 0 Å². The molecule has 0 radical (unpaired) electrons. The van der Waals surface area contributed by atoms with E-state index in [4.69, 9.17) is 0 Å². The minimum absolute atomic E-state index is 0.217. The van der Waals surface area contributed by atoms with Crippen LogP contribution in [0.4, 0.5) is 0 Å². The van der Waals surface area contributed by atoms with E-state index < -0.39 is 0 Å². The van der Waals surface area contributed by atoms with Crippen molar-refractivity contribution in [1.29, 1.82) is 0 Å². The highest BCUT2D eigenvalue weighted by Crippen LogP contribution is 2.18. The highest BCUT2D eigenvalue weighted by Gasteiger charge is 2.08. The Hall–Kier alpha value is -3.01. The van der Waals surface area contributed by atoms with Gasteiger partial charge in [-0.15, -0.1) is 0 Å². The van der Waals surface area contributed by atoms with Gasteiger partial charge in [-0.05, 0) is 35.9 Å². The van der Waals surface area contributed by atoms with Gasteiger partial charge in [-0.25, -0.2) is 5.43 Å². The molecule has 22 heavy (non-hydrogen) atoms. The molecule has 0 fully saturated rings. The fraction of sp³-hybridized carbons (Fsp3) is 0.0556. The van der Waals surface area contributed by atoms with E-state index in [1.54, 1.807) is 18.5 Å². The average molecular weight is 289 g/mol. The zero-order valence-electron chi connectivity index (χ0n) is 12.2. The Kier molecular flexibility index (Phi) is 3.92. The second kappa shape index (κ2) is 6.18. The Labute approximate surface area is 128 Å². The first-order valence-electron chi connectivity index (χ1n) is 6.98. The van der Waals surface area contributed by atoms with E-state index in [-0.39, 0.29) is 5.91 Å². The molecule has 4 heteroatoms. The summed E-state index contributed by atoms with van der Waals surface area (Å²) in [5.74, 6) is -0.217. The molecule has 2 aromatic carbocycles. The van der Waals surface area contributed by atoms with Crippen LogP contribution in [0.3, 0.4) is 0 Å². The van der Waals surface area contributed by atoms with E-state index in [0.717, 1.165) is 22.0 Å². The number of aromatic nitrogens is 1. The Balaban J connectivity index is 1.85. The van der Waals surface area contributed by atoms with E-state index in [2.05, 4.69) is 15.5 Å². The van der Waals surface area contributed by atoms with E-state index in [0.29, 0.717) is 5.56 Å². The molecule has 0 aliphatic heterocycles. The van der Waals surface area contributed by atoms with Crippen LogP contribution in [-0.2, 0) is 0 Å². The standard InChI is InChI=1S/C18H15N3O/c1-13(14-9-11-19-12-10-14)20-21-18(22)17-8-4-6-15-5-2-3-7-16(15)17/h2-12H,1H3,(H,21,22)/b20-13-. The molecule has 3 rings (SSSR count). The Bertz CT molecular complexity index is 836. The normalized spacial score (nSPS) is 11.4. The van der Waals surface area contributed by atoms with Crippen LogP contribution in [0.15, 0.2) is 72.1 Å². The van der Waals surface area contributed by atoms with Gasteiger partial charge in [-0.2, -0.15) is 5.10 Å². The molecule has 0 unspecified atom stereocenters. The SMILES string of the molecule is C/C(=N/NC(=O)c1cccc2ccccc12)c1ccncc1. The van der Waals surface area contributed by atoms with Gasteiger partial charge in [0.25, 0.3) is 5.91 Å². The maximum atomic E-state index is 12.4. The van der Waals surface area contributed by atoms with Gasteiger partial charge in [0.15, 0.2) is 0 Å². The van der Waals surface area contributed by atoms with Crippen LogP contribution in [0.1, 0.15) is 22.8 Å². The first kappa shape index (κ1) is 13.9. The second-order valence-corrected chi connectivity index (χ2v) is 4.90. The van der Waals surface area contributed by atoms with Crippen molar-refractivity contribution in [2.45, 2.75) is 6.92 Å². The van der Waals surface area contributed by atoms with Gasteiger partial charge in [-0.1, -0.05) is 36.4 Å². The van der Waals surface area contributed by atoms with Gasteiger partial charge in [0.1, 0.15) is 0 Å². The third-order valence-corrected chi connectivity index (χ3v) is 3.46. The molecule has 1 amide bonds. The molecule has 0 aliphatic carbocycles. The number of rotatable bonds is 3. The van der Waals surface area contributed by atoms with E-state index in [9.17, 15) is 4.79 Å². The maximum Gasteiger partial charge on any atom is 0.272 e. The molecule has 0 atom stereocenters. The molecule has 1 heterocycles. The summed E-state index contributed by atoms with van der Waals surface area (Å²) in [7, 11) is 0. The van der Waals surface area contributed by atoms with Crippen LogP contribution in [0, 0.1) is 0 Å². The van der Waals surface area contributed by atoms with E-state index in [1.165, 1.54) is 0 Å². The lowest BCUT2D eigenvalue weighted by Crippen LogP contribution is -2.19. The summed E-state index contributed by atoms with van der Waals surface area (Å²) in [5.41, 5.74) is 4.89. The molecular weight excluding hydrogens is 274 g/mol. The Morgan fingerprint density at radius 1 is 1.00 bits per heavy atom. The number of nitrogens with zero attached hydrogens (tertiary/aromatic N) is 2. The maximum absolute atomic E-state index is 12.4. The predicted octanol–water partition coefficient (Wildman–Crippen LogP) is 3.39. The van der Waals surface area contributed by atoms with E-state index in [1.807, 2.05) is 55.5 Å². The second-order valence-electron chi connectivity index (χ2n) is 4.90. The first-order chi connectivity index (χ1) is 10.8. The van der Waals surface area contributed by atoms with Gasteiger partial charge in [0, 0.05) is 23.5 Å². The molecule has 0 saturated heterocycles. The van der Waals surface area contributed by atoms with Gasteiger partial charge in [0.2, 0.25) is 0 Å². The number of benzene rings is 2. The monoisotopic (exact) mass is 289 g/mol. The third-order valence-electron chi connectivity index (χ3n) is 3.46. The van der Waals surface area contributed by atoms with Gasteiger partial charge >= 0.3 is 0 Å². The zero-order valence-corrected chi connectivity index (χ0v) is 12.2. The minimum atomic E-state index is -0.217. The van der Waals surface area contributed by atoms with Crippen LogP contribution in [-0.4, -0.2) is 16.6 Å². The minimum Gasteiger partial charge on any atom is -0.267 e. The van der Waals surface area contributed by atoms with Crippen molar-refractivity contribution < 1.29 is 4.79 Å². The van der Waals surface area contributed by atoms with Gasteiger partial charge < -0.3 is 0 Å². The number of hydrogen-bond donors (Lipinski definition) is 1. The van der Waals surface area contributed by atoms with Crippen molar-refractivity contribution in [3.63, 3.8) is 0 Å². The summed E-state index contributed by atoms with van der Waals surface area (Å²) in [4.78, 5) is 16.3. The number of hydrogen-bond acceptors (Lipinski definition) is 3. The van der Waals surface area contributed by atoms with Crippen molar-refractivity contribution in [3.8, 4) is 0 Å². The summed E-state index contributed by atoms with van der Waals surface area (Å²) in [6.07, 6.45) is 3.39. The molecule has 3 aromatic rings. The van der Waals surface area contributed by atoms with Crippen molar-refractivity contribution in [3.05, 3.63) is 78.1 Å². The van der Waals surface area contributed by atoms with Crippen LogP contribution < -0.4 is 5.43 Å². The lowest BCUT2D eigenvalue weighted by atomic mass is 10.0. The molecule has 0 saturated carbocycles. The molecule has 4 nitrogen and oxygen atoms in total. The fourth-order valence-corrected chi connectivity index (χ4v) is 2.28. The molecule has 0 spiro atoms. The number of carbonyl (C=O) groups is 1. The van der Waals surface area contributed by atoms with Crippen molar-refractivity contribution in [2.24, 2.45) is 5.10 Å². The molecule has 1 aromatic heterocycles. The van der Waals surface area contributed by atoms with Crippen LogP contribution in [0.5, 0.6) is 0 Å². The molecular formula is C18H15N3O. The highest BCUT2D eigenvalue weighted by atomic mass is 16.2. The lowest BCUT2D eigenvalue weighted by Gasteiger charge is -2.06. The van der Waals surface area contributed by atoms with E-state index >= 15 is 0 Å². The summed E-state index contributed by atoms with van der Waals surface area (Å²) < 4.78 is 0. The first-order valence-corrected chi connectivity index (χ1v) is 6.98. The third kappa shape index (κ3) is 2.86. The summed E-state index contributed by atoms with van der Waals surface area (Å²) in [6.45, 7) is 1.85. The molecule has 0 aliphatic rings. The quantitative estimate of drug-likeness (QED) is 0.593. The van der Waals surface area contributed by atoms with Crippen LogP contribution >= 0.6 is 0 Å². The number of pyridine rings is 1. The molecule has 108 valence electrons. The average Bonchev–Trinajstić information content (AvgIpc) is 2.59. The predicted molar refractivity (Wildman–Crippen MR) is 87.9 cm³/mol. The van der Waals surface area contributed by atoms with Crippen molar-refractivity contribution in [1.82, 2.24) is 10.4 Å². The number of hydrazone groups is 1. The molecule has 0 bridgehead atoms. The molecule has 1 N–H and O–H groups in total. The topological polar surface area (TPSA) is 54.4 Å². The van der Waals surface area contributed by atoms with Gasteiger partial charge in [0.05, 0.1) is 5.71 Å². The summed E-state index contributed by atoms with van der Waals surface area (Å²) >= 11 is 0. The largest absolute Gasteiger partial charge is 0.272 e. The Morgan fingerprint density at radius 2 is 1.73 bits per heavy atom. The highest BCUT2D eigenvalue weighted by molar-refractivity contribution is 6.07. The fourth-order valence-electron chi connectivity index (χ4n) is 2.28. The smallest absolute Gasteiger partial charge is 0.267 e. The van der Waals surface area contributed by atoms with Crippen molar-refractivity contribution in [2.75, 3.05) is 0 Å². The lowest BCUT2D eigenvalue weighted by molar-refractivity contribution is 0.0956. The number of nitrogens with one attached hydrogen (secondary N) is 1. The zero-order chi connectivity index (χ0) is 15.4. The summed E-state index contributed by atoms with van der Waals surface area (Å²) in [6, 6.07) is 17.1. The van der Waals surface area contributed by atoms with Crippen LogP contribution in [0.25, 0.3) is 10.8 Å².